The number of nitrogens with zero attached hydrogens (tertiary/aromatic N) is 2. The van der Waals surface area contributed by atoms with E-state index in [0.29, 0.717) is 0 Å². The lowest BCUT2D eigenvalue weighted by atomic mass is 9.91. The molecule has 4 N–H and O–H groups in total. The van der Waals surface area contributed by atoms with Gasteiger partial charge in [-0.05, 0) is 158 Å². The van der Waals surface area contributed by atoms with Gasteiger partial charge in [-0.1, -0.05) is 102 Å². The molecule has 0 amide bonds. The highest BCUT2D eigenvalue weighted by Crippen LogP contribution is 2.45. The van der Waals surface area contributed by atoms with Gasteiger partial charge in [-0.3, -0.25) is 0 Å². The van der Waals surface area contributed by atoms with Gasteiger partial charge in [-0.15, -0.1) is 0 Å². The summed E-state index contributed by atoms with van der Waals surface area (Å²) in [5, 5.41) is 0. The zero-order valence-electron chi connectivity index (χ0n) is 39.1. The van der Waals surface area contributed by atoms with E-state index in [0.717, 1.165) is 112 Å². The van der Waals surface area contributed by atoms with Gasteiger partial charge in [0, 0.05) is 23.5 Å². The molecule has 6 heterocycles. The number of nitrogens with one attached hydrogen (secondary N) is 4. The fourth-order valence-electron chi connectivity index (χ4n) is 10.3. The first-order valence-electron chi connectivity index (χ1n) is 23.0. The van der Waals surface area contributed by atoms with Crippen LogP contribution >= 0.6 is 0 Å². The van der Waals surface area contributed by atoms with Gasteiger partial charge in [0.25, 0.3) is 0 Å². The first-order valence-corrected chi connectivity index (χ1v) is 23.0. The van der Waals surface area contributed by atoms with Crippen molar-refractivity contribution in [1.29, 1.82) is 0 Å². The van der Waals surface area contributed by atoms with E-state index in [1.165, 1.54) is 72.5 Å². The minimum absolute atomic E-state index is 0.861. The second kappa shape index (κ2) is 17.3. The van der Waals surface area contributed by atoms with E-state index in [1.54, 1.807) is 0 Å². The minimum atomic E-state index is 0.861. The number of hydrogen-bond donors (Lipinski definition) is 4. The van der Waals surface area contributed by atoms with E-state index >= 15 is 0 Å². The van der Waals surface area contributed by atoms with Crippen LogP contribution in [0.25, 0.3) is 22.5 Å². The van der Waals surface area contributed by atoms with E-state index in [-0.39, 0.29) is 0 Å². The summed E-state index contributed by atoms with van der Waals surface area (Å²) < 4.78 is 0. The first kappa shape index (κ1) is 42.5. The van der Waals surface area contributed by atoms with Crippen molar-refractivity contribution in [3.8, 4) is 11.4 Å². The Hall–Kier alpha value is -6.14. The van der Waals surface area contributed by atoms with Crippen LogP contribution in [0.1, 0.15) is 147 Å². The number of hydrogen-bond acceptors (Lipinski definition) is 2. The van der Waals surface area contributed by atoms with Gasteiger partial charge in [-0.2, -0.15) is 0 Å². The Balaban J connectivity index is 1.38. The standard InChI is InChI=1S/C56H64N6/c1-13-37-29-57-47(31(37)7)49-33(9)41(15-3)53(59-49)45(39-25-21-19-22-26-39)55-43(17-5)35(11)51(61-55)52-36(12)44(18-6)56(62-52)46(40-27-23-20-24-28-40)54-42(16-4)34(10)50(60-54)48-32(8)38(14-2)30-58-48/h19-30,57-59,62H,13-18H2,1-12H3/b54-46-,55-45-. The van der Waals surface area contributed by atoms with Crippen LogP contribution in [0.15, 0.2) is 117 Å². The van der Waals surface area contributed by atoms with E-state index in [1.807, 2.05) is 0 Å². The first-order chi connectivity index (χ1) is 30.0. The summed E-state index contributed by atoms with van der Waals surface area (Å²) in [6.45, 7) is 27.1. The third-order valence-corrected chi connectivity index (χ3v) is 13.9. The second-order valence-electron chi connectivity index (χ2n) is 17.0. The molecule has 6 nitrogen and oxygen atoms in total. The summed E-state index contributed by atoms with van der Waals surface area (Å²) in [5.41, 5.74) is 31.0. The van der Waals surface area contributed by atoms with Gasteiger partial charge in [0.15, 0.2) is 0 Å². The van der Waals surface area contributed by atoms with Crippen LogP contribution in [0.5, 0.6) is 0 Å². The Bertz CT molecular complexity index is 2880. The van der Waals surface area contributed by atoms with Gasteiger partial charge < -0.3 is 19.9 Å². The summed E-state index contributed by atoms with van der Waals surface area (Å²) in [6.07, 6.45) is 9.82. The van der Waals surface area contributed by atoms with Crippen molar-refractivity contribution in [2.75, 3.05) is 0 Å². The minimum Gasteiger partial charge on any atom is -0.359 e. The molecule has 0 bridgehead atoms. The second-order valence-corrected chi connectivity index (χ2v) is 17.0. The maximum Gasteiger partial charge on any atom is 0.0907 e. The molecule has 0 spiro atoms. The van der Waals surface area contributed by atoms with Crippen molar-refractivity contribution in [1.82, 2.24) is 19.9 Å². The lowest BCUT2D eigenvalue weighted by Crippen LogP contribution is -2.03. The summed E-state index contributed by atoms with van der Waals surface area (Å²) >= 11 is 0. The van der Waals surface area contributed by atoms with Crippen LogP contribution in [0.2, 0.25) is 0 Å². The van der Waals surface area contributed by atoms with Crippen molar-refractivity contribution >= 4 is 22.6 Å². The third-order valence-electron chi connectivity index (χ3n) is 13.9. The number of allylic oxidation sites excluding steroid dienone is 4. The van der Waals surface area contributed by atoms with E-state index < -0.39 is 0 Å². The highest BCUT2D eigenvalue weighted by atomic mass is 14.9. The quantitative estimate of drug-likeness (QED) is 0.0894. The number of rotatable bonds is 13. The smallest absolute Gasteiger partial charge is 0.0907 e. The fourth-order valence-corrected chi connectivity index (χ4v) is 10.3. The maximum absolute atomic E-state index is 5.77. The molecule has 0 atom stereocenters. The molecule has 318 valence electrons. The average molecular weight is 821 g/mol. The van der Waals surface area contributed by atoms with Crippen molar-refractivity contribution in [2.45, 2.75) is 122 Å². The molecule has 0 unspecified atom stereocenters. The van der Waals surface area contributed by atoms with Gasteiger partial charge in [0.1, 0.15) is 0 Å². The van der Waals surface area contributed by atoms with E-state index in [4.69, 9.17) is 9.98 Å². The number of H-pyrrole nitrogens is 4. The number of aryl methyl sites for hydroxylation is 2. The molecule has 62 heavy (non-hydrogen) atoms. The van der Waals surface area contributed by atoms with Crippen molar-refractivity contribution in [2.24, 2.45) is 9.98 Å². The van der Waals surface area contributed by atoms with E-state index in [2.05, 4.69) is 176 Å². The Kier molecular flexibility index (Phi) is 11.9. The highest BCUT2D eigenvalue weighted by molar-refractivity contribution is 6.18. The van der Waals surface area contributed by atoms with Gasteiger partial charge in [0.2, 0.25) is 0 Å². The number of benzene rings is 2. The molecule has 2 aliphatic rings. The SMILES string of the molecule is CCC1=C(C)C(c2[nH]cc(CC)c2C)=N/C1=C(/c1ccccc1)c1[nH]c(C2=N/C(=C(/c3ccccc3)c3[nH]c(-c4[nH]cc(CC)c4C)c(C)c3CC)C(CC)=C2C)c(C)c1CC. The Morgan fingerprint density at radius 3 is 1.26 bits per heavy atom. The molecule has 0 saturated carbocycles. The van der Waals surface area contributed by atoms with Gasteiger partial charge in [0.05, 0.1) is 57.0 Å². The molecule has 6 aromatic rings. The summed E-state index contributed by atoms with van der Waals surface area (Å²) in [4.78, 5) is 26.7. The zero-order valence-corrected chi connectivity index (χ0v) is 39.1. The lowest BCUT2D eigenvalue weighted by molar-refractivity contribution is 1.08. The predicted molar refractivity (Wildman–Crippen MR) is 263 cm³/mol. The fraction of sp³-hybridized carbons (Fsp3) is 0.321. The van der Waals surface area contributed by atoms with Crippen molar-refractivity contribution in [3.63, 3.8) is 0 Å². The van der Waals surface area contributed by atoms with Crippen LogP contribution < -0.4 is 0 Å². The van der Waals surface area contributed by atoms with E-state index in [9.17, 15) is 0 Å². The zero-order chi connectivity index (χ0) is 44.0. The van der Waals surface area contributed by atoms with Crippen LogP contribution in [0.3, 0.4) is 0 Å². The van der Waals surface area contributed by atoms with Gasteiger partial charge in [-0.25, -0.2) is 9.98 Å². The predicted octanol–water partition coefficient (Wildman–Crippen LogP) is 14.1. The van der Waals surface area contributed by atoms with Crippen LogP contribution in [-0.4, -0.2) is 31.4 Å². The van der Waals surface area contributed by atoms with Gasteiger partial charge >= 0.3 is 0 Å². The molecule has 8 rings (SSSR count). The normalized spacial score (nSPS) is 15.9. The van der Waals surface area contributed by atoms with Crippen LogP contribution in [0, 0.1) is 27.7 Å². The Morgan fingerprint density at radius 1 is 0.435 bits per heavy atom. The Morgan fingerprint density at radius 2 is 0.839 bits per heavy atom. The molecule has 2 aliphatic heterocycles. The highest BCUT2D eigenvalue weighted by Gasteiger charge is 2.33. The monoisotopic (exact) mass is 821 g/mol. The van der Waals surface area contributed by atoms with Crippen LogP contribution in [-0.2, 0) is 25.7 Å². The molecule has 0 aliphatic carbocycles. The van der Waals surface area contributed by atoms with Crippen molar-refractivity contribution in [3.05, 3.63) is 185 Å². The lowest BCUT2D eigenvalue weighted by Gasteiger charge is -2.14. The topological polar surface area (TPSA) is 87.9 Å². The van der Waals surface area contributed by atoms with Crippen molar-refractivity contribution < 1.29 is 0 Å². The number of aromatic nitrogens is 4. The molecular weight excluding hydrogens is 757 g/mol. The maximum atomic E-state index is 5.77. The molecule has 6 heteroatoms. The molecule has 0 fully saturated rings. The third kappa shape index (κ3) is 6.88. The Labute approximate surface area is 369 Å². The number of aromatic amines is 4. The molecule has 0 radical (unpaired) electrons. The largest absolute Gasteiger partial charge is 0.359 e. The molecular formula is C56H64N6. The summed E-state index contributed by atoms with van der Waals surface area (Å²) in [5.74, 6) is 0. The molecule has 2 aromatic carbocycles. The average Bonchev–Trinajstić information content (AvgIpc) is 4.13. The summed E-state index contributed by atoms with van der Waals surface area (Å²) in [6, 6.07) is 21.7. The molecule has 0 saturated heterocycles. The van der Waals surface area contributed by atoms with Crippen LogP contribution in [0.4, 0.5) is 0 Å². The summed E-state index contributed by atoms with van der Waals surface area (Å²) in [7, 11) is 0. The number of aliphatic imine (C=N–C) groups is 2. The molecule has 4 aromatic heterocycles.